The van der Waals surface area contributed by atoms with Gasteiger partial charge >= 0.3 is 5.97 Å². The van der Waals surface area contributed by atoms with Gasteiger partial charge in [0.25, 0.3) is 0 Å². The summed E-state index contributed by atoms with van der Waals surface area (Å²) in [6.45, 7) is 0. The molecule has 1 N–H and O–H groups in total. The lowest BCUT2D eigenvalue weighted by atomic mass is 9.93. The lowest BCUT2D eigenvalue weighted by molar-refractivity contribution is -0.142. The summed E-state index contributed by atoms with van der Waals surface area (Å²) < 4.78 is 10.3. The summed E-state index contributed by atoms with van der Waals surface area (Å²) in [6.07, 6.45) is -0.0297. The third-order valence-corrected chi connectivity index (χ3v) is 4.45. The Kier molecular flexibility index (Phi) is 4.61. The number of hydrogen-bond acceptors (Lipinski definition) is 4. The van der Waals surface area contributed by atoms with E-state index in [1.807, 2.05) is 0 Å². The van der Waals surface area contributed by atoms with E-state index in [2.05, 4.69) is 0 Å². The van der Waals surface area contributed by atoms with Crippen LogP contribution < -0.4 is 14.4 Å². The van der Waals surface area contributed by atoms with Crippen molar-refractivity contribution in [2.24, 2.45) is 5.92 Å². The monoisotopic (exact) mass is 341 g/mol. The molecule has 2 atom stereocenters. The molecular weight excluding hydrogens is 322 g/mol. The second-order valence-corrected chi connectivity index (χ2v) is 5.83. The van der Waals surface area contributed by atoms with Crippen LogP contribution in [0, 0.1) is 5.92 Å². The van der Waals surface area contributed by atoms with Crippen LogP contribution in [0.1, 0.15) is 18.0 Å². The predicted octanol–water partition coefficient (Wildman–Crippen LogP) is 2.88. The molecule has 1 aliphatic heterocycles. The van der Waals surface area contributed by atoms with E-state index in [1.54, 1.807) is 67.7 Å². The van der Waals surface area contributed by atoms with Gasteiger partial charge in [-0.25, -0.2) is 0 Å². The van der Waals surface area contributed by atoms with Gasteiger partial charge in [0.05, 0.1) is 26.2 Å². The molecule has 0 unspecified atom stereocenters. The molecular formula is C19H19NO5. The number of nitrogens with zero attached hydrogens (tertiary/aromatic N) is 1. The topological polar surface area (TPSA) is 76.1 Å². The average Bonchev–Trinajstić information content (AvgIpc) is 2.99. The van der Waals surface area contributed by atoms with Crippen LogP contribution in [0.15, 0.2) is 48.5 Å². The largest absolute Gasteiger partial charge is 0.497 e. The lowest BCUT2D eigenvalue weighted by Crippen LogP contribution is -2.30. The number of anilines is 1. The number of hydrogen-bond donors (Lipinski definition) is 1. The van der Waals surface area contributed by atoms with E-state index in [4.69, 9.17) is 9.47 Å². The molecule has 0 aromatic heterocycles. The van der Waals surface area contributed by atoms with Crippen LogP contribution in [-0.4, -0.2) is 31.2 Å². The van der Waals surface area contributed by atoms with Crippen LogP contribution in [0.25, 0.3) is 0 Å². The molecule has 6 heteroatoms. The third kappa shape index (κ3) is 3.15. The minimum atomic E-state index is -0.981. The fourth-order valence-corrected chi connectivity index (χ4v) is 3.19. The molecule has 0 bridgehead atoms. The Morgan fingerprint density at radius 3 is 2.00 bits per heavy atom. The van der Waals surface area contributed by atoms with E-state index < -0.39 is 17.9 Å². The Balaban J connectivity index is 2.03. The molecule has 1 heterocycles. The van der Waals surface area contributed by atoms with Gasteiger partial charge in [-0.2, -0.15) is 0 Å². The van der Waals surface area contributed by atoms with Crippen molar-refractivity contribution >= 4 is 17.6 Å². The number of rotatable bonds is 5. The molecule has 1 fully saturated rings. The van der Waals surface area contributed by atoms with Gasteiger partial charge in [0, 0.05) is 12.1 Å². The fourth-order valence-electron chi connectivity index (χ4n) is 3.19. The number of methoxy groups -OCH3 is 2. The highest BCUT2D eigenvalue weighted by atomic mass is 16.5. The van der Waals surface area contributed by atoms with Gasteiger partial charge in [0.15, 0.2) is 0 Å². The maximum absolute atomic E-state index is 12.6. The number of aliphatic carboxylic acids is 1. The molecule has 3 rings (SSSR count). The third-order valence-electron chi connectivity index (χ3n) is 4.45. The van der Waals surface area contributed by atoms with Crippen molar-refractivity contribution in [1.29, 1.82) is 0 Å². The molecule has 0 saturated carbocycles. The number of amides is 1. The highest BCUT2D eigenvalue weighted by Crippen LogP contribution is 2.42. The van der Waals surface area contributed by atoms with Crippen LogP contribution in [0.3, 0.4) is 0 Å². The molecule has 0 radical (unpaired) electrons. The van der Waals surface area contributed by atoms with Gasteiger partial charge in [-0.05, 0) is 42.0 Å². The Labute approximate surface area is 145 Å². The Morgan fingerprint density at radius 1 is 1.00 bits per heavy atom. The van der Waals surface area contributed by atoms with E-state index in [-0.39, 0.29) is 12.3 Å². The highest BCUT2D eigenvalue weighted by molar-refractivity contribution is 6.00. The van der Waals surface area contributed by atoms with E-state index in [0.717, 1.165) is 5.56 Å². The summed E-state index contributed by atoms with van der Waals surface area (Å²) in [4.78, 5) is 25.8. The van der Waals surface area contributed by atoms with Crippen molar-refractivity contribution < 1.29 is 24.2 Å². The number of carbonyl (C=O) groups is 2. The number of carbonyl (C=O) groups excluding carboxylic acids is 1. The van der Waals surface area contributed by atoms with Crippen LogP contribution in [0.5, 0.6) is 11.5 Å². The second-order valence-electron chi connectivity index (χ2n) is 5.83. The van der Waals surface area contributed by atoms with Gasteiger partial charge in [-0.1, -0.05) is 12.1 Å². The van der Waals surface area contributed by atoms with Crippen molar-refractivity contribution in [3.05, 3.63) is 54.1 Å². The first kappa shape index (κ1) is 16.8. The van der Waals surface area contributed by atoms with E-state index >= 15 is 0 Å². The molecule has 2 aromatic carbocycles. The summed E-state index contributed by atoms with van der Waals surface area (Å²) in [5.74, 6) is -0.645. The summed E-state index contributed by atoms with van der Waals surface area (Å²) in [6, 6.07) is 13.6. The van der Waals surface area contributed by atoms with Crippen LogP contribution in [0.2, 0.25) is 0 Å². The molecule has 1 aliphatic rings. The zero-order chi connectivity index (χ0) is 18.0. The summed E-state index contributed by atoms with van der Waals surface area (Å²) in [5.41, 5.74) is 1.41. The quantitative estimate of drug-likeness (QED) is 0.905. The summed E-state index contributed by atoms with van der Waals surface area (Å²) >= 11 is 0. The summed E-state index contributed by atoms with van der Waals surface area (Å²) in [7, 11) is 3.13. The smallest absolute Gasteiger partial charge is 0.309 e. The standard InChI is InChI=1S/C19H19NO5/c1-24-14-7-3-12(4-8-14)18-16(19(22)23)11-17(21)20(18)13-5-9-15(25-2)10-6-13/h3-10,16,18H,11H2,1-2H3,(H,22,23)/t16-,18+/m1/s1. The van der Waals surface area contributed by atoms with Gasteiger partial charge < -0.3 is 19.5 Å². The fraction of sp³-hybridized carbons (Fsp3) is 0.263. The normalized spacial score (nSPS) is 19.8. The molecule has 1 saturated heterocycles. The highest BCUT2D eigenvalue weighted by Gasteiger charge is 2.45. The minimum absolute atomic E-state index is 0.0297. The van der Waals surface area contributed by atoms with Crippen molar-refractivity contribution in [2.45, 2.75) is 12.5 Å². The Morgan fingerprint density at radius 2 is 1.52 bits per heavy atom. The molecule has 25 heavy (non-hydrogen) atoms. The number of carboxylic acid groups (broad SMARTS) is 1. The molecule has 6 nitrogen and oxygen atoms in total. The zero-order valence-corrected chi connectivity index (χ0v) is 14.0. The SMILES string of the molecule is COc1ccc([C@H]2[C@H](C(=O)O)CC(=O)N2c2ccc(OC)cc2)cc1. The Hall–Kier alpha value is -3.02. The van der Waals surface area contributed by atoms with Crippen molar-refractivity contribution in [2.75, 3.05) is 19.1 Å². The molecule has 0 spiro atoms. The van der Waals surface area contributed by atoms with Gasteiger partial charge in [0.1, 0.15) is 11.5 Å². The second kappa shape index (κ2) is 6.84. The van der Waals surface area contributed by atoms with E-state index in [9.17, 15) is 14.7 Å². The first-order chi connectivity index (χ1) is 12.0. The maximum atomic E-state index is 12.6. The van der Waals surface area contributed by atoms with Gasteiger partial charge in [-0.3, -0.25) is 9.59 Å². The molecule has 2 aromatic rings. The van der Waals surface area contributed by atoms with E-state index in [0.29, 0.717) is 17.2 Å². The van der Waals surface area contributed by atoms with E-state index in [1.165, 1.54) is 0 Å². The zero-order valence-electron chi connectivity index (χ0n) is 14.0. The molecule has 0 aliphatic carbocycles. The Bertz CT molecular complexity index is 769. The first-order valence-electron chi connectivity index (χ1n) is 7.88. The van der Waals surface area contributed by atoms with Crippen molar-refractivity contribution in [3.63, 3.8) is 0 Å². The number of benzene rings is 2. The average molecular weight is 341 g/mol. The first-order valence-corrected chi connectivity index (χ1v) is 7.88. The van der Waals surface area contributed by atoms with Crippen molar-refractivity contribution in [1.82, 2.24) is 0 Å². The lowest BCUT2D eigenvalue weighted by Gasteiger charge is -2.27. The van der Waals surface area contributed by atoms with Gasteiger partial charge in [-0.15, -0.1) is 0 Å². The van der Waals surface area contributed by atoms with Crippen LogP contribution in [-0.2, 0) is 9.59 Å². The van der Waals surface area contributed by atoms with Crippen LogP contribution in [0.4, 0.5) is 5.69 Å². The predicted molar refractivity (Wildman–Crippen MR) is 92.0 cm³/mol. The minimum Gasteiger partial charge on any atom is -0.497 e. The van der Waals surface area contributed by atoms with Crippen molar-refractivity contribution in [3.8, 4) is 11.5 Å². The maximum Gasteiger partial charge on any atom is 0.309 e. The molecule has 1 amide bonds. The number of carboxylic acids is 1. The van der Waals surface area contributed by atoms with Crippen LogP contribution >= 0.6 is 0 Å². The number of ether oxygens (including phenoxy) is 2. The summed E-state index contributed by atoms with van der Waals surface area (Å²) in [5, 5.41) is 9.59. The van der Waals surface area contributed by atoms with Gasteiger partial charge in [0.2, 0.25) is 5.91 Å². The molecule has 130 valence electrons.